The highest BCUT2D eigenvalue weighted by Crippen LogP contribution is 2.30. The first-order valence-corrected chi connectivity index (χ1v) is 11.4. The van der Waals surface area contributed by atoms with Crippen LogP contribution in [-0.4, -0.2) is 17.6 Å². The van der Waals surface area contributed by atoms with Crippen LogP contribution < -0.4 is 0 Å². The summed E-state index contributed by atoms with van der Waals surface area (Å²) >= 11 is 0. The van der Waals surface area contributed by atoms with E-state index in [-0.39, 0.29) is 5.97 Å². The van der Waals surface area contributed by atoms with Gasteiger partial charge in [0.1, 0.15) is 5.52 Å². The number of carbonyl (C=O) groups excluding carboxylic acids is 1. The fourth-order valence-corrected chi connectivity index (χ4v) is 4.01. The van der Waals surface area contributed by atoms with Gasteiger partial charge in [0.2, 0.25) is 5.89 Å². The molecule has 4 heteroatoms. The van der Waals surface area contributed by atoms with Gasteiger partial charge in [-0.3, -0.25) is 0 Å². The van der Waals surface area contributed by atoms with Crippen LogP contribution in [0.3, 0.4) is 0 Å². The van der Waals surface area contributed by atoms with Gasteiger partial charge >= 0.3 is 5.97 Å². The van der Waals surface area contributed by atoms with Crippen molar-refractivity contribution >= 4 is 17.1 Å². The zero-order valence-electron chi connectivity index (χ0n) is 18.7. The topological polar surface area (TPSA) is 52.3 Å². The molecule has 4 rings (SSSR count). The molecule has 0 fully saturated rings. The number of hydrogen-bond acceptors (Lipinski definition) is 4. The Morgan fingerprint density at radius 1 is 0.969 bits per heavy atom. The van der Waals surface area contributed by atoms with Crippen molar-refractivity contribution in [3.05, 3.63) is 89.5 Å². The number of rotatable bonds is 9. The molecule has 0 spiro atoms. The highest BCUT2D eigenvalue weighted by atomic mass is 16.5. The van der Waals surface area contributed by atoms with E-state index in [1.165, 1.54) is 24.0 Å². The minimum atomic E-state index is -0.267. The van der Waals surface area contributed by atoms with Crippen molar-refractivity contribution in [2.75, 3.05) is 6.61 Å². The first kappa shape index (κ1) is 21.8. The van der Waals surface area contributed by atoms with Crippen molar-refractivity contribution in [3.8, 4) is 11.5 Å². The number of fused-ring (bicyclic) bond motifs is 1. The lowest BCUT2D eigenvalue weighted by molar-refractivity contribution is 0.0526. The highest BCUT2D eigenvalue weighted by molar-refractivity contribution is 5.89. The van der Waals surface area contributed by atoms with Crippen LogP contribution in [0.5, 0.6) is 0 Å². The first-order chi connectivity index (χ1) is 15.7. The third kappa shape index (κ3) is 5.08. The molecule has 0 aliphatic heterocycles. The smallest absolute Gasteiger partial charge is 0.338 e. The van der Waals surface area contributed by atoms with Gasteiger partial charge < -0.3 is 9.15 Å². The van der Waals surface area contributed by atoms with Crippen molar-refractivity contribution in [3.63, 3.8) is 0 Å². The fraction of sp³-hybridized carbons (Fsp3) is 0.286. The molecule has 0 N–H and O–H groups in total. The van der Waals surface area contributed by atoms with Crippen LogP contribution in [0.4, 0.5) is 0 Å². The molecule has 4 nitrogen and oxygen atoms in total. The number of esters is 1. The van der Waals surface area contributed by atoms with E-state index in [9.17, 15) is 4.79 Å². The number of carbonyl (C=O) groups is 1. The van der Waals surface area contributed by atoms with E-state index in [4.69, 9.17) is 9.15 Å². The second-order valence-electron chi connectivity index (χ2n) is 8.07. The molecule has 0 amide bonds. The van der Waals surface area contributed by atoms with Crippen LogP contribution in [-0.2, 0) is 11.2 Å². The van der Waals surface area contributed by atoms with Gasteiger partial charge in [0.05, 0.1) is 12.2 Å². The Balaban J connectivity index is 1.51. The van der Waals surface area contributed by atoms with E-state index in [2.05, 4.69) is 36.2 Å². The van der Waals surface area contributed by atoms with Gasteiger partial charge in [-0.2, -0.15) is 0 Å². The lowest BCUT2D eigenvalue weighted by atomic mass is 9.87. The Labute approximate surface area is 189 Å². The summed E-state index contributed by atoms with van der Waals surface area (Å²) in [5, 5.41) is 0. The molecular weight excluding hydrogens is 398 g/mol. The summed E-state index contributed by atoms with van der Waals surface area (Å²) in [6, 6.07) is 24.2. The largest absolute Gasteiger partial charge is 0.462 e. The maximum atomic E-state index is 11.9. The summed E-state index contributed by atoms with van der Waals surface area (Å²) in [5.74, 6) is 0.801. The van der Waals surface area contributed by atoms with Gasteiger partial charge in [0.15, 0.2) is 5.58 Å². The number of aromatic nitrogens is 1. The third-order valence-corrected chi connectivity index (χ3v) is 5.78. The molecule has 164 valence electrons. The standard InChI is InChI=1S/C28H29NO3/c1-3-5-8-24(19-20-11-13-23(14-12-20)28(30)31-4-2)21-15-17-22(18-16-21)27-29-25-9-6-7-10-26(25)32-27/h6-7,9-18,24H,3-5,8,19H2,1-2H3/t24-/m1/s1. The molecule has 0 radical (unpaired) electrons. The van der Waals surface area contributed by atoms with Crippen molar-refractivity contribution < 1.29 is 13.9 Å². The highest BCUT2D eigenvalue weighted by Gasteiger charge is 2.15. The van der Waals surface area contributed by atoms with Gasteiger partial charge in [-0.25, -0.2) is 9.78 Å². The van der Waals surface area contributed by atoms with E-state index in [1.807, 2.05) is 55.5 Å². The van der Waals surface area contributed by atoms with Gasteiger partial charge in [-0.05, 0) is 73.2 Å². The van der Waals surface area contributed by atoms with Gasteiger partial charge in [0, 0.05) is 5.56 Å². The number of nitrogens with zero attached hydrogens (tertiary/aromatic N) is 1. The molecule has 4 aromatic rings. The van der Waals surface area contributed by atoms with Crippen LogP contribution in [0.25, 0.3) is 22.6 Å². The van der Waals surface area contributed by atoms with Gasteiger partial charge in [0.25, 0.3) is 0 Å². The normalized spacial score (nSPS) is 12.1. The summed E-state index contributed by atoms with van der Waals surface area (Å²) in [6.07, 6.45) is 4.40. The Morgan fingerprint density at radius 3 is 2.41 bits per heavy atom. The minimum Gasteiger partial charge on any atom is -0.462 e. The predicted molar refractivity (Wildman–Crippen MR) is 128 cm³/mol. The molecule has 0 saturated carbocycles. The molecule has 0 aliphatic carbocycles. The molecular formula is C28H29NO3. The molecule has 0 aliphatic rings. The van der Waals surface area contributed by atoms with E-state index >= 15 is 0 Å². The number of para-hydroxylation sites is 2. The Bertz CT molecular complexity index is 1130. The Kier molecular flexibility index (Phi) is 7.00. The monoisotopic (exact) mass is 427 g/mol. The fourth-order valence-electron chi connectivity index (χ4n) is 4.01. The molecule has 32 heavy (non-hydrogen) atoms. The minimum absolute atomic E-state index is 0.267. The van der Waals surface area contributed by atoms with E-state index < -0.39 is 0 Å². The lowest BCUT2D eigenvalue weighted by Crippen LogP contribution is -2.06. The Hall–Kier alpha value is -3.40. The summed E-state index contributed by atoms with van der Waals surface area (Å²) < 4.78 is 11.0. The SMILES string of the molecule is CCCC[C@H](Cc1ccc(C(=O)OCC)cc1)c1ccc(-c2nc3ccccc3o2)cc1. The zero-order valence-corrected chi connectivity index (χ0v) is 18.7. The van der Waals surface area contributed by atoms with Crippen LogP contribution >= 0.6 is 0 Å². The number of oxazole rings is 1. The van der Waals surface area contributed by atoms with Crippen molar-refractivity contribution in [1.29, 1.82) is 0 Å². The predicted octanol–water partition coefficient (Wildman–Crippen LogP) is 7.19. The molecule has 0 bridgehead atoms. The number of hydrogen-bond donors (Lipinski definition) is 0. The molecule has 1 atom stereocenters. The van der Waals surface area contributed by atoms with Crippen molar-refractivity contribution in [1.82, 2.24) is 4.98 Å². The molecule has 1 aromatic heterocycles. The van der Waals surface area contributed by atoms with Gasteiger partial charge in [-0.15, -0.1) is 0 Å². The second kappa shape index (κ2) is 10.3. The molecule has 3 aromatic carbocycles. The van der Waals surface area contributed by atoms with E-state index in [0.717, 1.165) is 29.5 Å². The van der Waals surface area contributed by atoms with Crippen LogP contribution in [0, 0.1) is 0 Å². The van der Waals surface area contributed by atoms with E-state index in [1.54, 1.807) is 0 Å². The first-order valence-electron chi connectivity index (χ1n) is 11.4. The summed E-state index contributed by atoms with van der Waals surface area (Å²) in [5.41, 5.74) is 5.80. The summed E-state index contributed by atoms with van der Waals surface area (Å²) in [7, 11) is 0. The maximum Gasteiger partial charge on any atom is 0.338 e. The average molecular weight is 428 g/mol. The van der Waals surface area contributed by atoms with Gasteiger partial charge in [-0.1, -0.05) is 56.2 Å². The second-order valence-corrected chi connectivity index (χ2v) is 8.07. The zero-order chi connectivity index (χ0) is 22.3. The summed E-state index contributed by atoms with van der Waals surface area (Å²) in [4.78, 5) is 16.5. The average Bonchev–Trinajstić information content (AvgIpc) is 3.27. The van der Waals surface area contributed by atoms with Crippen molar-refractivity contribution in [2.45, 2.75) is 45.4 Å². The molecule has 1 heterocycles. The number of benzene rings is 3. The summed E-state index contributed by atoms with van der Waals surface area (Å²) in [6.45, 7) is 4.43. The quantitative estimate of drug-likeness (QED) is 0.265. The van der Waals surface area contributed by atoms with E-state index in [0.29, 0.717) is 24.0 Å². The lowest BCUT2D eigenvalue weighted by Gasteiger charge is -2.18. The van der Waals surface area contributed by atoms with Crippen molar-refractivity contribution in [2.24, 2.45) is 0 Å². The van der Waals surface area contributed by atoms with Crippen LogP contribution in [0.2, 0.25) is 0 Å². The number of unbranched alkanes of at least 4 members (excludes halogenated alkanes) is 1. The Morgan fingerprint density at radius 2 is 1.72 bits per heavy atom. The van der Waals surface area contributed by atoms with Crippen LogP contribution in [0.1, 0.15) is 60.5 Å². The maximum absolute atomic E-state index is 11.9. The third-order valence-electron chi connectivity index (χ3n) is 5.78. The van der Waals surface area contributed by atoms with Crippen LogP contribution in [0.15, 0.2) is 77.2 Å². The number of ether oxygens (including phenoxy) is 1. The molecule has 0 saturated heterocycles. The molecule has 0 unspecified atom stereocenters.